The van der Waals surface area contributed by atoms with Gasteiger partial charge in [0.15, 0.2) is 0 Å². The highest BCUT2D eigenvalue weighted by Gasteiger charge is 2.36. The molecule has 0 spiro atoms. The lowest BCUT2D eigenvalue weighted by Crippen LogP contribution is -2.35. The van der Waals surface area contributed by atoms with E-state index in [9.17, 15) is 9.59 Å². The van der Waals surface area contributed by atoms with Gasteiger partial charge in [-0.3, -0.25) is 9.59 Å². The fourth-order valence-corrected chi connectivity index (χ4v) is 2.69. The van der Waals surface area contributed by atoms with Crippen molar-refractivity contribution in [3.8, 4) is 11.5 Å². The van der Waals surface area contributed by atoms with Crippen LogP contribution in [0.15, 0.2) is 18.2 Å². The number of amides is 2. The van der Waals surface area contributed by atoms with E-state index in [0.717, 1.165) is 6.42 Å². The monoisotopic (exact) mass is 320 g/mol. The van der Waals surface area contributed by atoms with Gasteiger partial charge in [0, 0.05) is 25.1 Å². The molecule has 2 atom stereocenters. The SMILES string of the molecule is CCC(C)N1CC(C(=O)Nc2ccc(OC)cc2OC)CC1=O. The van der Waals surface area contributed by atoms with Crippen LogP contribution in [0.2, 0.25) is 0 Å². The van der Waals surface area contributed by atoms with Crippen LogP contribution in [0.3, 0.4) is 0 Å². The Morgan fingerprint density at radius 2 is 2.13 bits per heavy atom. The lowest BCUT2D eigenvalue weighted by atomic mass is 10.1. The number of hydrogen-bond acceptors (Lipinski definition) is 4. The standard InChI is InChI=1S/C17H24N2O4/c1-5-11(2)19-10-12(8-16(19)20)17(21)18-14-7-6-13(22-3)9-15(14)23-4/h6-7,9,11-12H,5,8,10H2,1-4H3,(H,18,21). The number of methoxy groups -OCH3 is 2. The molecule has 0 bridgehead atoms. The van der Waals surface area contributed by atoms with Gasteiger partial charge in [-0.1, -0.05) is 6.92 Å². The van der Waals surface area contributed by atoms with E-state index in [2.05, 4.69) is 5.32 Å². The molecule has 2 rings (SSSR count). The first kappa shape index (κ1) is 17.1. The molecule has 1 fully saturated rings. The summed E-state index contributed by atoms with van der Waals surface area (Å²) in [6.45, 7) is 4.51. The van der Waals surface area contributed by atoms with E-state index in [1.807, 2.05) is 13.8 Å². The van der Waals surface area contributed by atoms with E-state index >= 15 is 0 Å². The fraction of sp³-hybridized carbons (Fsp3) is 0.529. The maximum atomic E-state index is 12.5. The van der Waals surface area contributed by atoms with Gasteiger partial charge in [0.25, 0.3) is 0 Å². The first-order chi connectivity index (χ1) is 11.0. The molecule has 0 aromatic heterocycles. The maximum Gasteiger partial charge on any atom is 0.229 e. The molecule has 2 amide bonds. The van der Waals surface area contributed by atoms with E-state index < -0.39 is 0 Å². The van der Waals surface area contributed by atoms with Crippen LogP contribution in [0.5, 0.6) is 11.5 Å². The predicted octanol–water partition coefficient (Wildman–Crippen LogP) is 2.29. The molecule has 0 saturated carbocycles. The molecule has 1 aromatic rings. The number of rotatable bonds is 6. The summed E-state index contributed by atoms with van der Waals surface area (Å²) in [5, 5.41) is 2.85. The Kier molecular flexibility index (Phi) is 5.47. The molecule has 0 radical (unpaired) electrons. The van der Waals surface area contributed by atoms with Gasteiger partial charge >= 0.3 is 0 Å². The van der Waals surface area contributed by atoms with Gasteiger partial charge in [-0.15, -0.1) is 0 Å². The zero-order valence-corrected chi connectivity index (χ0v) is 14.1. The molecular formula is C17H24N2O4. The lowest BCUT2D eigenvalue weighted by Gasteiger charge is -2.23. The van der Waals surface area contributed by atoms with E-state index in [0.29, 0.717) is 23.7 Å². The summed E-state index contributed by atoms with van der Waals surface area (Å²) >= 11 is 0. The summed E-state index contributed by atoms with van der Waals surface area (Å²) in [6.07, 6.45) is 1.14. The molecule has 1 aliphatic rings. The molecule has 1 N–H and O–H groups in total. The molecule has 1 saturated heterocycles. The van der Waals surface area contributed by atoms with Crippen molar-refractivity contribution < 1.29 is 19.1 Å². The Morgan fingerprint density at radius 1 is 1.39 bits per heavy atom. The number of hydrogen-bond donors (Lipinski definition) is 1. The molecule has 6 nitrogen and oxygen atoms in total. The van der Waals surface area contributed by atoms with E-state index in [4.69, 9.17) is 9.47 Å². The number of benzene rings is 1. The first-order valence-electron chi connectivity index (χ1n) is 7.82. The number of likely N-dealkylation sites (tertiary alicyclic amines) is 1. The number of anilines is 1. The Labute approximate surface area is 136 Å². The van der Waals surface area contributed by atoms with Crippen LogP contribution in [0.1, 0.15) is 26.7 Å². The summed E-state index contributed by atoms with van der Waals surface area (Å²) in [5.74, 6) is 0.733. The number of nitrogens with one attached hydrogen (secondary N) is 1. The topological polar surface area (TPSA) is 67.9 Å². The maximum absolute atomic E-state index is 12.5. The second-order valence-corrected chi connectivity index (χ2v) is 5.76. The highest BCUT2D eigenvalue weighted by Crippen LogP contribution is 2.30. The quantitative estimate of drug-likeness (QED) is 0.873. The molecule has 0 aliphatic carbocycles. The van der Waals surface area contributed by atoms with E-state index in [1.54, 1.807) is 30.2 Å². The highest BCUT2D eigenvalue weighted by molar-refractivity contribution is 5.98. The third-order valence-corrected chi connectivity index (χ3v) is 4.32. The average molecular weight is 320 g/mol. The summed E-state index contributed by atoms with van der Waals surface area (Å²) in [6, 6.07) is 5.36. The van der Waals surface area contributed by atoms with Crippen LogP contribution < -0.4 is 14.8 Å². The van der Waals surface area contributed by atoms with Crippen molar-refractivity contribution in [2.24, 2.45) is 5.92 Å². The summed E-state index contributed by atoms with van der Waals surface area (Å²) < 4.78 is 10.4. The Balaban J connectivity index is 2.07. The van der Waals surface area contributed by atoms with Crippen molar-refractivity contribution in [1.29, 1.82) is 0 Å². The minimum absolute atomic E-state index is 0.0428. The van der Waals surface area contributed by atoms with E-state index in [1.165, 1.54) is 7.11 Å². The van der Waals surface area contributed by atoms with Crippen LogP contribution in [0, 0.1) is 5.92 Å². The highest BCUT2D eigenvalue weighted by atomic mass is 16.5. The summed E-state index contributed by atoms with van der Waals surface area (Å²) in [5.41, 5.74) is 0.577. The third-order valence-electron chi connectivity index (χ3n) is 4.32. The van der Waals surface area contributed by atoms with Crippen molar-refractivity contribution in [3.05, 3.63) is 18.2 Å². The van der Waals surface area contributed by atoms with E-state index in [-0.39, 0.29) is 30.2 Å². The lowest BCUT2D eigenvalue weighted by molar-refractivity contribution is -0.129. The zero-order valence-electron chi connectivity index (χ0n) is 14.1. The van der Waals surface area contributed by atoms with Crippen LogP contribution in [0.25, 0.3) is 0 Å². The molecule has 126 valence electrons. The average Bonchev–Trinajstić information content (AvgIpc) is 2.96. The van der Waals surface area contributed by atoms with Gasteiger partial charge in [-0.25, -0.2) is 0 Å². The van der Waals surface area contributed by atoms with Gasteiger partial charge in [0.2, 0.25) is 11.8 Å². The van der Waals surface area contributed by atoms with Crippen LogP contribution >= 0.6 is 0 Å². The first-order valence-corrected chi connectivity index (χ1v) is 7.82. The Bertz CT molecular complexity index is 588. The normalized spacial score (nSPS) is 18.7. The number of carbonyl (C=O) groups is 2. The molecule has 1 aliphatic heterocycles. The van der Waals surface area contributed by atoms with Crippen molar-refractivity contribution in [2.75, 3.05) is 26.1 Å². The zero-order chi connectivity index (χ0) is 17.0. The van der Waals surface area contributed by atoms with Crippen molar-refractivity contribution in [2.45, 2.75) is 32.7 Å². The van der Waals surface area contributed by atoms with Gasteiger partial charge in [-0.2, -0.15) is 0 Å². The molecule has 23 heavy (non-hydrogen) atoms. The van der Waals surface area contributed by atoms with Gasteiger partial charge < -0.3 is 19.7 Å². The number of nitrogens with zero attached hydrogens (tertiary/aromatic N) is 1. The number of ether oxygens (including phenoxy) is 2. The van der Waals surface area contributed by atoms with Gasteiger partial charge in [0.05, 0.1) is 25.8 Å². The van der Waals surface area contributed by atoms with Gasteiger partial charge in [0.1, 0.15) is 11.5 Å². The minimum atomic E-state index is -0.330. The summed E-state index contributed by atoms with van der Waals surface area (Å²) in [4.78, 5) is 26.3. The Hall–Kier alpha value is -2.24. The van der Waals surface area contributed by atoms with Gasteiger partial charge in [-0.05, 0) is 25.5 Å². The fourth-order valence-electron chi connectivity index (χ4n) is 2.69. The smallest absolute Gasteiger partial charge is 0.229 e. The molecule has 1 aromatic carbocycles. The van der Waals surface area contributed by atoms with Crippen LogP contribution in [0.4, 0.5) is 5.69 Å². The second kappa shape index (κ2) is 7.35. The molecule has 6 heteroatoms. The second-order valence-electron chi connectivity index (χ2n) is 5.76. The Morgan fingerprint density at radius 3 is 2.74 bits per heavy atom. The van der Waals surface area contributed by atoms with Crippen molar-refractivity contribution in [3.63, 3.8) is 0 Å². The van der Waals surface area contributed by atoms with Crippen LogP contribution in [-0.2, 0) is 9.59 Å². The molecular weight excluding hydrogens is 296 g/mol. The molecule has 2 unspecified atom stereocenters. The molecule has 1 heterocycles. The predicted molar refractivity (Wildman–Crippen MR) is 87.7 cm³/mol. The number of carbonyl (C=O) groups excluding carboxylic acids is 2. The minimum Gasteiger partial charge on any atom is -0.497 e. The van der Waals surface area contributed by atoms with Crippen LogP contribution in [-0.4, -0.2) is 43.5 Å². The summed E-state index contributed by atoms with van der Waals surface area (Å²) in [7, 11) is 3.11. The van der Waals surface area contributed by atoms with Crippen molar-refractivity contribution in [1.82, 2.24) is 4.90 Å². The third kappa shape index (κ3) is 3.75. The largest absolute Gasteiger partial charge is 0.497 e. The van der Waals surface area contributed by atoms with Crippen molar-refractivity contribution >= 4 is 17.5 Å².